The van der Waals surface area contributed by atoms with Crippen molar-refractivity contribution in [2.45, 2.75) is 25.9 Å². The molecule has 0 amide bonds. The average molecular weight is 349 g/mol. The second kappa shape index (κ2) is 6.02. The number of aliphatic hydroxyl groups excluding tert-OH is 1. The fourth-order valence-electron chi connectivity index (χ4n) is 1.76. The highest BCUT2D eigenvalue weighted by atomic mass is 79.9. The first kappa shape index (κ1) is 14.5. The standard InChI is InChI=1S/C12H11BrF2N2OS/c1-2-3-8-12(19-17-16-8)11(18)9-7(14)5-4-6(13)10(9)15/h4-5,11,18H,2-3H2,1H3. The summed E-state index contributed by atoms with van der Waals surface area (Å²) in [5.74, 6) is -1.59. The van der Waals surface area contributed by atoms with E-state index in [0.29, 0.717) is 17.0 Å². The maximum atomic E-state index is 13.9. The van der Waals surface area contributed by atoms with Gasteiger partial charge in [0.1, 0.15) is 17.7 Å². The summed E-state index contributed by atoms with van der Waals surface area (Å²) in [5, 5.41) is 14.1. The minimum Gasteiger partial charge on any atom is -0.382 e. The second-order valence-corrected chi connectivity index (χ2v) is 5.63. The van der Waals surface area contributed by atoms with E-state index >= 15 is 0 Å². The van der Waals surface area contributed by atoms with Crippen LogP contribution in [0.15, 0.2) is 16.6 Å². The fourth-order valence-corrected chi connectivity index (χ4v) is 2.80. The highest BCUT2D eigenvalue weighted by molar-refractivity contribution is 9.10. The zero-order valence-corrected chi connectivity index (χ0v) is 12.4. The van der Waals surface area contributed by atoms with Gasteiger partial charge in [-0.3, -0.25) is 0 Å². The molecule has 7 heteroatoms. The highest BCUT2D eigenvalue weighted by Gasteiger charge is 2.25. The third kappa shape index (κ3) is 2.82. The van der Waals surface area contributed by atoms with Gasteiger partial charge in [0, 0.05) is 0 Å². The smallest absolute Gasteiger partial charge is 0.146 e. The molecule has 1 aromatic heterocycles. The van der Waals surface area contributed by atoms with Crippen LogP contribution in [-0.4, -0.2) is 14.7 Å². The second-order valence-electron chi connectivity index (χ2n) is 3.99. The molecule has 0 fully saturated rings. The molecule has 0 saturated carbocycles. The Kier molecular flexibility index (Phi) is 4.59. The van der Waals surface area contributed by atoms with E-state index in [4.69, 9.17) is 0 Å². The van der Waals surface area contributed by atoms with Crippen LogP contribution in [-0.2, 0) is 6.42 Å². The maximum Gasteiger partial charge on any atom is 0.146 e. The molecule has 0 spiro atoms. The fraction of sp³-hybridized carbons (Fsp3) is 0.333. The number of aryl methyl sites for hydroxylation is 1. The van der Waals surface area contributed by atoms with Crippen LogP contribution >= 0.6 is 27.5 Å². The first-order valence-corrected chi connectivity index (χ1v) is 7.25. The molecule has 19 heavy (non-hydrogen) atoms. The van der Waals surface area contributed by atoms with Crippen LogP contribution < -0.4 is 0 Å². The summed E-state index contributed by atoms with van der Waals surface area (Å²) in [6.07, 6.45) is 0.0355. The van der Waals surface area contributed by atoms with Crippen molar-refractivity contribution in [1.29, 1.82) is 0 Å². The van der Waals surface area contributed by atoms with Crippen LogP contribution in [0.4, 0.5) is 8.78 Å². The summed E-state index contributed by atoms with van der Waals surface area (Å²) >= 11 is 3.94. The van der Waals surface area contributed by atoms with Gasteiger partial charge in [-0.05, 0) is 46.0 Å². The molecular formula is C12H11BrF2N2OS. The molecular weight excluding hydrogens is 338 g/mol. The zero-order valence-electron chi connectivity index (χ0n) is 10.0. The predicted octanol–water partition coefficient (Wildman–Crippen LogP) is 3.61. The Morgan fingerprint density at radius 2 is 2.16 bits per heavy atom. The topological polar surface area (TPSA) is 46.0 Å². The molecule has 0 bridgehead atoms. The molecule has 1 N–H and O–H groups in total. The summed E-state index contributed by atoms with van der Waals surface area (Å²) in [6, 6.07) is 2.37. The minimum absolute atomic E-state index is 0.109. The lowest BCUT2D eigenvalue weighted by molar-refractivity contribution is 0.211. The summed E-state index contributed by atoms with van der Waals surface area (Å²) < 4.78 is 31.5. The van der Waals surface area contributed by atoms with Crippen molar-refractivity contribution >= 4 is 27.5 Å². The van der Waals surface area contributed by atoms with Gasteiger partial charge in [-0.2, -0.15) is 0 Å². The third-order valence-electron chi connectivity index (χ3n) is 2.67. The molecule has 3 nitrogen and oxygen atoms in total. The zero-order chi connectivity index (χ0) is 14.0. The quantitative estimate of drug-likeness (QED) is 0.858. The van der Waals surface area contributed by atoms with Gasteiger partial charge in [0.15, 0.2) is 0 Å². The van der Waals surface area contributed by atoms with Crippen molar-refractivity contribution in [2.24, 2.45) is 0 Å². The molecule has 0 aliphatic carbocycles. The van der Waals surface area contributed by atoms with Crippen LogP contribution in [0.2, 0.25) is 0 Å². The van der Waals surface area contributed by atoms with E-state index in [1.165, 1.54) is 6.07 Å². The van der Waals surface area contributed by atoms with E-state index in [1.807, 2.05) is 6.92 Å². The van der Waals surface area contributed by atoms with Gasteiger partial charge in [-0.1, -0.05) is 17.8 Å². The summed E-state index contributed by atoms with van der Waals surface area (Å²) in [5.41, 5.74) is 0.205. The number of aliphatic hydroxyl groups is 1. The monoisotopic (exact) mass is 348 g/mol. The summed E-state index contributed by atoms with van der Waals surface area (Å²) in [6.45, 7) is 1.95. The van der Waals surface area contributed by atoms with E-state index in [0.717, 1.165) is 24.0 Å². The van der Waals surface area contributed by atoms with E-state index in [2.05, 4.69) is 25.5 Å². The van der Waals surface area contributed by atoms with Gasteiger partial charge < -0.3 is 5.11 Å². The Hall–Kier alpha value is -0.920. The molecule has 102 valence electrons. The third-order valence-corrected chi connectivity index (χ3v) is 4.10. The molecule has 0 aliphatic rings. The Balaban J connectivity index is 2.47. The maximum absolute atomic E-state index is 13.9. The first-order valence-electron chi connectivity index (χ1n) is 5.68. The lowest BCUT2D eigenvalue weighted by atomic mass is 10.0. The number of aromatic nitrogens is 2. The number of hydrogen-bond donors (Lipinski definition) is 1. The molecule has 0 saturated heterocycles. The molecule has 0 radical (unpaired) electrons. The van der Waals surface area contributed by atoms with Gasteiger partial charge in [0.05, 0.1) is 20.6 Å². The molecule has 2 rings (SSSR count). The summed E-state index contributed by atoms with van der Waals surface area (Å²) in [4.78, 5) is 0.387. The van der Waals surface area contributed by atoms with E-state index in [9.17, 15) is 13.9 Å². The predicted molar refractivity (Wildman–Crippen MR) is 72.0 cm³/mol. The Morgan fingerprint density at radius 3 is 2.84 bits per heavy atom. The van der Waals surface area contributed by atoms with Gasteiger partial charge in [0.2, 0.25) is 0 Å². The molecule has 1 unspecified atom stereocenters. The first-order chi connectivity index (χ1) is 9.06. The van der Waals surface area contributed by atoms with E-state index in [-0.39, 0.29) is 10.0 Å². The molecule has 1 heterocycles. The summed E-state index contributed by atoms with van der Waals surface area (Å²) in [7, 11) is 0. The van der Waals surface area contributed by atoms with Gasteiger partial charge in [-0.15, -0.1) is 5.10 Å². The van der Waals surface area contributed by atoms with Crippen molar-refractivity contribution in [3.05, 3.63) is 44.4 Å². The van der Waals surface area contributed by atoms with Crippen molar-refractivity contribution in [1.82, 2.24) is 9.59 Å². The Labute approximate surface area is 121 Å². The van der Waals surface area contributed by atoms with Crippen LogP contribution in [0.3, 0.4) is 0 Å². The number of benzene rings is 1. The van der Waals surface area contributed by atoms with Gasteiger partial charge >= 0.3 is 0 Å². The van der Waals surface area contributed by atoms with E-state index < -0.39 is 17.7 Å². The van der Waals surface area contributed by atoms with Crippen LogP contribution in [0.1, 0.15) is 35.6 Å². The lowest BCUT2D eigenvalue weighted by Crippen LogP contribution is -2.07. The Bertz CT molecular complexity index is 591. The number of halogens is 3. The number of nitrogens with zero attached hydrogens (tertiary/aromatic N) is 2. The lowest BCUT2D eigenvalue weighted by Gasteiger charge is -2.13. The normalized spacial score (nSPS) is 12.7. The minimum atomic E-state index is -1.39. The largest absolute Gasteiger partial charge is 0.382 e. The van der Waals surface area contributed by atoms with Gasteiger partial charge in [0.25, 0.3) is 0 Å². The molecule has 2 aromatic rings. The highest BCUT2D eigenvalue weighted by Crippen LogP contribution is 2.33. The SMILES string of the molecule is CCCc1nnsc1C(O)c1c(F)ccc(Br)c1F. The Morgan fingerprint density at radius 1 is 1.42 bits per heavy atom. The van der Waals surface area contributed by atoms with Crippen molar-refractivity contribution in [3.8, 4) is 0 Å². The average Bonchev–Trinajstić information content (AvgIpc) is 2.83. The van der Waals surface area contributed by atoms with Crippen molar-refractivity contribution < 1.29 is 13.9 Å². The van der Waals surface area contributed by atoms with Crippen LogP contribution in [0.5, 0.6) is 0 Å². The molecule has 1 aromatic carbocycles. The van der Waals surface area contributed by atoms with Gasteiger partial charge in [-0.25, -0.2) is 8.78 Å². The van der Waals surface area contributed by atoms with E-state index in [1.54, 1.807) is 0 Å². The van der Waals surface area contributed by atoms with Crippen LogP contribution in [0.25, 0.3) is 0 Å². The van der Waals surface area contributed by atoms with Crippen molar-refractivity contribution in [2.75, 3.05) is 0 Å². The number of rotatable bonds is 4. The number of hydrogen-bond acceptors (Lipinski definition) is 4. The molecule has 1 atom stereocenters. The molecule has 0 aliphatic heterocycles. The van der Waals surface area contributed by atoms with Crippen LogP contribution in [0, 0.1) is 11.6 Å². The van der Waals surface area contributed by atoms with Crippen molar-refractivity contribution in [3.63, 3.8) is 0 Å².